The third kappa shape index (κ3) is 2.06. The lowest BCUT2D eigenvalue weighted by Gasteiger charge is -2.13. The van der Waals surface area contributed by atoms with Crippen molar-refractivity contribution in [3.05, 3.63) is 34.4 Å². The number of hydrogen-bond acceptors (Lipinski definition) is 3. The number of carboxylic acid groups (broad SMARTS) is 1. The summed E-state index contributed by atoms with van der Waals surface area (Å²) in [5.41, 5.74) is 1.10. The minimum atomic E-state index is -1.85. The lowest BCUT2D eigenvalue weighted by atomic mass is 10.0. The lowest BCUT2D eigenvalue weighted by molar-refractivity contribution is -0.153. The van der Waals surface area contributed by atoms with Gasteiger partial charge in [-0.15, -0.1) is 0 Å². The van der Waals surface area contributed by atoms with E-state index in [-0.39, 0.29) is 0 Å². The number of aliphatic hydroxyl groups excluding tert-OH is 2. The molecule has 0 aliphatic rings. The molecule has 0 aliphatic carbocycles. The summed E-state index contributed by atoms with van der Waals surface area (Å²) in [6.07, 6.45) is -1.83. The van der Waals surface area contributed by atoms with Crippen molar-refractivity contribution in [1.29, 1.82) is 0 Å². The highest BCUT2D eigenvalue weighted by atomic mass is 79.9. The molecule has 2 atom stereocenters. The van der Waals surface area contributed by atoms with Crippen LogP contribution >= 0.6 is 15.9 Å². The molecule has 0 amide bonds. The first-order chi connectivity index (χ1) is 8.02. The summed E-state index contributed by atoms with van der Waals surface area (Å²) in [6, 6.07) is 5.38. The van der Waals surface area contributed by atoms with E-state index < -0.39 is 18.2 Å². The van der Waals surface area contributed by atoms with E-state index in [2.05, 4.69) is 20.9 Å². The van der Waals surface area contributed by atoms with Gasteiger partial charge >= 0.3 is 5.97 Å². The zero-order chi connectivity index (χ0) is 12.6. The van der Waals surface area contributed by atoms with Crippen LogP contribution < -0.4 is 0 Å². The molecule has 0 fully saturated rings. The van der Waals surface area contributed by atoms with Crippen molar-refractivity contribution in [2.75, 3.05) is 0 Å². The van der Waals surface area contributed by atoms with Crippen molar-refractivity contribution in [3.8, 4) is 0 Å². The molecule has 2 unspecified atom stereocenters. The third-order valence-corrected chi connectivity index (χ3v) is 3.22. The number of fused-ring (bicyclic) bond motifs is 1. The quantitative estimate of drug-likeness (QED) is 0.689. The smallest absolute Gasteiger partial charge is 0.335 e. The van der Waals surface area contributed by atoms with Gasteiger partial charge in [-0.25, -0.2) is 4.79 Å². The third-order valence-electron chi connectivity index (χ3n) is 2.56. The maximum Gasteiger partial charge on any atom is 0.335 e. The van der Waals surface area contributed by atoms with Gasteiger partial charge in [0, 0.05) is 27.1 Å². The standard InChI is InChI=1S/C11H10BrNO4/c12-6-2-1-3-7-8(6)5(4-13-7)9(14)10(15)11(16)17/h1-4,9-10,13-15H,(H,16,17). The average Bonchev–Trinajstić information content (AvgIpc) is 2.72. The zero-order valence-electron chi connectivity index (χ0n) is 8.59. The van der Waals surface area contributed by atoms with Gasteiger partial charge in [0.15, 0.2) is 6.10 Å². The SMILES string of the molecule is O=C(O)C(O)C(O)c1c[nH]c2cccc(Br)c12. The Balaban J connectivity index is 2.52. The van der Waals surface area contributed by atoms with Gasteiger partial charge in [0.1, 0.15) is 6.10 Å². The van der Waals surface area contributed by atoms with E-state index in [4.69, 9.17) is 5.11 Å². The second-order valence-electron chi connectivity index (χ2n) is 3.63. The summed E-state index contributed by atoms with van der Waals surface area (Å²) < 4.78 is 0.725. The van der Waals surface area contributed by atoms with Crippen LogP contribution in [-0.4, -0.2) is 32.4 Å². The van der Waals surface area contributed by atoms with Crippen LogP contribution in [0.1, 0.15) is 11.7 Å². The molecule has 1 aromatic heterocycles. The van der Waals surface area contributed by atoms with Crippen molar-refractivity contribution >= 4 is 32.8 Å². The van der Waals surface area contributed by atoms with Crippen LogP contribution in [0.3, 0.4) is 0 Å². The zero-order valence-corrected chi connectivity index (χ0v) is 10.2. The summed E-state index contributed by atoms with van der Waals surface area (Å²) in [4.78, 5) is 13.5. The van der Waals surface area contributed by atoms with Crippen LogP contribution in [0.4, 0.5) is 0 Å². The van der Waals surface area contributed by atoms with Crippen LogP contribution in [0.5, 0.6) is 0 Å². The van der Waals surface area contributed by atoms with Crippen molar-refractivity contribution in [2.24, 2.45) is 0 Å². The summed E-state index contributed by atoms with van der Waals surface area (Å²) in [5.74, 6) is -1.46. The fourth-order valence-electron chi connectivity index (χ4n) is 1.70. The molecule has 0 bridgehead atoms. The topological polar surface area (TPSA) is 93.6 Å². The van der Waals surface area contributed by atoms with Gasteiger partial charge in [0.2, 0.25) is 0 Å². The van der Waals surface area contributed by atoms with Crippen LogP contribution in [0.2, 0.25) is 0 Å². The molecule has 1 aromatic carbocycles. The molecule has 1 heterocycles. The Morgan fingerprint density at radius 3 is 2.71 bits per heavy atom. The second kappa shape index (κ2) is 4.48. The maximum absolute atomic E-state index is 10.6. The number of aromatic nitrogens is 1. The predicted molar refractivity (Wildman–Crippen MR) is 64.6 cm³/mol. The molecule has 2 aromatic rings. The Morgan fingerprint density at radius 2 is 2.06 bits per heavy atom. The highest BCUT2D eigenvalue weighted by Crippen LogP contribution is 2.31. The second-order valence-corrected chi connectivity index (χ2v) is 4.49. The Bertz CT molecular complexity index is 566. The van der Waals surface area contributed by atoms with Gasteiger partial charge in [-0.1, -0.05) is 22.0 Å². The monoisotopic (exact) mass is 299 g/mol. The number of aliphatic carboxylic acids is 1. The number of carboxylic acids is 1. The van der Waals surface area contributed by atoms with Crippen LogP contribution in [-0.2, 0) is 4.79 Å². The first-order valence-corrected chi connectivity index (χ1v) is 5.66. The first kappa shape index (κ1) is 12.1. The van der Waals surface area contributed by atoms with Crippen molar-refractivity contribution in [3.63, 3.8) is 0 Å². The number of halogens is 1. The fraction of sp³-hybridized carbons (Fsp3) is 0.182. The van der Waals surface area contributed by atoms with Crippen LogP contribution in [0.15, 0.2) is 28.9 Å². The van der Waals surface area contributed by atoms with E-state index in [9.17, 15) is 15.0 Å². The van der Waals surface area contributed by atoms with Gasteiger partial charge in [0.25, 0.3) is 0 Å². The van der Waals surface area contributed by atoms with Gasteiger partial charge in [0.05, 0.1) is 0 Å². The summed E-state index contributed by atoms with van der Waals surface area (Å²) in [6.45, 7) is 0. The molecule has 6 heteroatoms. The normalized spacial score (nSPS) is 14.8. The van der Waals surface area contributed by atoms with E-state index in [0.717, 1.165) is 9.99 Å². The Morgan fingerprint density at radius 1 is 1.35 bits per heavy atom. The predicted octanol–water partition coefficient (Wildman–Crippen LogP) is 1.41. The van der Waals surface area contributed by atoms with Crippen LogP contribution in [0, 0.1) is 0 Å². The highest BCUT2D eigenvalue weighted by Gasteiger charge is 2.27. The number of benzene rings is 1. The summed E-state index contributed by atoms with van der Waals surface area (Å²) in [5, 5.41) is 28.5. The largest absolute Gasteiger partial charge is 0.479 e. The number of aromatic amines is 1. The number of hydrogen-bond donors (Lipinski definition) is 4. The van der Waals surface area contributed by atoms with Crippen molar-refractivity contribution in [2.45, 2.75) is 12.2 Å². The summed E-state index contributed by atoms with van der Waals surface area (Å²) in [7, 11) is 0. The van der Waals surface area contributed by atoms with Gasteiger partial charge < -0.3 is 20.3 Å². The molecule has 0 aliphatic heterocycles. The van der Waals surface area contributed by atoms with Gasteiger partial charge in [-0.05, 0) is 12.1 Å². The fourth-order valence-corrected chi connectivity index (χ4v) is 2.30. The van der Waals surface area contributed by atoms with E-state index in [0.29, 0.717) is 10.9 Å². The molecule has 0 spiro atoms. The molecule has 2 rings (SSSR count). The summed E-state index contributed by atoms with van der Waals surface area (Å²) >= 11 is 3.32. The Labute approximate surface area is 105 Å². The molecular weight excluding hydrogens is 290 g/mol. The highest BCUT2D eigenvalue weighted by molar-refractivity contribution is 9.10. The average molecular weight is 300 g/mol. The number of aliphatic hydroxyl groups is 2. The van der Waals surface area contributed by atoms with Gasteiger partial charge in [-0.3, -0.25) is 0 Å². The molecular formula is C11H10BrNO4. The van der Waals surface area contributed by atoms with Crippen LogP contribution in [0.25, 0.3) is 10.9 Å². The molecule has 5 nitrogen and oxygen atoms in total. The van der Waals surface area contributed by atoms with E-state index >= 15 is 0 Å². The molecule has 90 valence electrons. The number of nitrogens with one attached hydrogen (secondary N) is 1. The minimum Gasteiger partial charge on any atom is -0.479 e. The lowest BCUT2D eigenvalue weighted by Crippen LogP contribution is -2.27. The molecule has 4 N–H and O–H groups in total. The molecule has 17 heavy (non-hydrogen) atoms. The number of H-pyrrole nitrogens is 1. The van der Waals surface area contributed by atoms with E-state index in [1.807, 2.05) is 6.07 Å². The number of rotatable bonds is 3. The molecule has 0 saturated heterocycles. The first-order valence-electron chi connectivity index (χ1n) is 4.87. The van der Waals surface area contributed by atoms with Crippen molar-refractivity contribution in [1.82, 2.24) is 4.98 Å². The molecule has 0 saturated carbocycles. The van der Waals surface area contributed by atoms with E-state index in [1.165, 1.54) is 6.20 Å². The van der Waals surface area contributed by atoms with Crippen molar-refractivity contribution < 1.29 is 20.1 Å². The maximum atomic E-state index is 10.6. The minimum absolute atomic E-state index is 0.349. The Kier molecular flexibility index (Phi) is 3.19. The number of carbonyl (C=O) groups is 1. The Hall–Kier alpha value is -1.37. The molecule has 0 radical (unpaired) electrons. The van der Waals surface area contributed by atoms with E-state index in [1.54, 1.807) is 12.1 Å². The van der Waals surface area contributed by atoms with Gasteiger partial charge in [-0.2, -0.15) is 0 Å².